The lowest BCUT2D eigenvalue weighted by Gasteiger charge is -2.14. The highest BCUT2D eigenvalue weighted by atomic mass is 19.1. The molecule has 0 saturated heterocycles. The summed E-state index contributed by atoms with van der Waals surface area (Å²) >= 11 is 0. The number of hydrogen-bond acceptors (Lipinski definition) is 2. The smallest absolute Gasteiger partial charge is 0.123 e. The summed E-state index contributed by atoms with van der Waals surface area (Å²) < 4.78 is 13.4. The van der Waals surface area contributed by atoms with Gasteiger partial charge in [-0.3, -0.25) is 0 Å². The molecule has 1 aromatic heterocycles. The fraction of sp³-hybridized carbons (Fsp3) is 0. The van der Waals surface area contributed by atoms with Crippen LogP contribution in [0.5, 0.6) is 0 Å². The van der Waals surface area contributed by atoms with Gasteiger partial charge in [-0.05, 0) is 17.7 Å². The minimum atomic E-state index is -0.261. The number of nitrogens with zero attached hydrogens (tertiary/aromatic N) is 2. The molecule has 0 fully saturated rings. The van der Waals surface area contributed by atoms with E-state index in [1.54, 1.807) is 18.5 Å². The summed E-state index contributed by atoms with van der Waals surface area (Å²) in [6, 6.07) is 26.4. The monoisotopic (exact) mass is 326 g/mol. The third kappa shape index (κ3) is 3.04. The normalized spacial score (nSPS) is 10.6. The standard InChI is InChI=1S/C22H15FN2/c23-19-13-11-16(12-14-19)20-21(17-7-3-1-4-8-17)24-15-25-22(20)18-9-5-2-6-10-18/h1-15H. The number of hydrogen-bond donors (Lipinski definition) is 0. The van der Waals surface area contributed by atoms with Gasteiger partial charge in [-0.2, -0.15) is 0 Å². The summed E-state index contributed by atoms with van der Waals surface area (Å²) in [4.78, 5) is 9.06. The third-order valence-corrected chi connectivity index (χ3v) is 4.07. The van der Waals surface area contributed by atoms with E-state index in [0.717, 1.165) is 33.6 Å². The zero-order chi connectivity index (χ0) is 17.1. The van der Waals surface area contributed by atoms with Gasteiger partial charge in [0.1, 0.15) is 12.1 Å². The second-order valence-electron chi connectivity index (χ2n) is 5.68. The van der Waals surface area contributed by atoms with Crippen LogP contribution in [0.3, 0.4) is 0 Å². The molecule has 2 nitrogen and oxygen atoms in total. The fourth-order valence-corrected chi connectivity index (χ4v) is 2.91. The van der Waals surface area contributed by atoms with E-state index in [4.69, 9.17) is 0 Å². The average molecular weight is 326 g/mol. The molecule has 4 rings (SSSR count). The summed E-state index contributed by atoms with van der Waals surface area (Å²) in [5.41, 5.74) is 5.46. The van der Waals surface area contributed by atoms with Crippen LogP contribution in [-0.4, -0.2) is 9.97 Å². The predicted octanol–water partition coefficient (Wildman–Crippen LogP) is 5.62. The molecule has 0 aliphatic rings. The summed E-state index contributed by atoms with van der Waals surface area (Å²) in [7, 11) is 0. The van der Waals surface area contributed by atoms with Gasteiger partial charge in [0.25, 0.3) is 0 Å². The second kappa shape index (κ2) is 6.65. The summed E-state index contributed by atoms with van der Waals surface area (Å²) in [5.74, 6) is -0.261. The quantitative estimate of drug-likeness (QED) is 0.488. The fourth-order valence-electron chi connectivity index (χ4n) is 2.91. The molecule has 0 aliphatic heterocycles. The molecule has 3 aromatic carbocycles. The molecule has 0 amide bonds. The van der Waals surface area contributed by atoms with Crippen molar-refractivity contribution in [2.75, 3.05) is 0 Å². The van der Waals surface area contributed by atoms with Crippen LogP contribution >= 0.6 is 0 Å². The summed E-state index contributed by atoms with van der Waals surface area (Å²) in [6.45, 7) is 0. The molecule has 0 radical (unpaired) electrons. The van der Waals surface area contributed by atoms with Crippen molar-refractivity contribution in [1.82, 2.24) is 9.97 Å². The second-order valence-corrected chi connectivity index (χ2v) is 5.68. The third-order valence-electron chi connectivity index (χ3n) is 4.07. The zero-order valence-electron chi connectivity index (χ0n) is 13.4. The lowest BCUT2D eigenvalue weighted by atomic mass is 9.94. The van der Waals surface area contributed by atoms with E-state index in [-0.39, 0.29) is 5.82 Å². The number of aromatic nitrogens is 2. The molecule has 0 bridgehead atoms. The highest BCUT2D eigenvalue weighted by Gasteiger charge is 2.16. The van der Waals surface area contributed by atoms with Crippen LogP contribution in [0.2, 0.25) is 0 Å². The van der Waals surface area contributed by atoms with E-state index < -0.39 is 0 Å². The molecule has 1 heterocycles. The largest absolute Gasteiger partial charge is 0.236 e. The van der Waals surface area contributed by atoms with Crippen LogP contribution < -0.4 is 0 Å². The maximum absolute atomic E-state index is 13.4. The molecule has 25 heavy (non-hydrogen) atoms. The van der Waals surface area contributed by atoms with E-state index in [9.17, 15) is 4.39 Å². The predicted molar refractivity (Wildman–Crippen MR) is 98.3 cm³/mol. The van der Waals surface area contributed by atoms with Crippen molar-refractivity contribution in [3.05, 3.63) is 97.1 Å². The lowest BCUT2D eigenvalue weighted by Crippen LogP contribution is -1.96. The van der Waals surface area contributed by atoms with Crippen LogP contribution in [-0.2, 0) is 0 Å². The molecular formula is C22H15FN2. The highest BCUT2D eigenvalue weighted by molar-refractivity contribution is 5.90. The van der Waals surface area contributed by atoms with Gasteiger partial charge < -0.3 is 0 Å². The van der Waals surface area contributed by atoms with Gasteiger partial charge in [-0.25, -0.2) is 14.4 Å². The van der Waals surface area contributed by atoms with Crippen molar-refractivity contribution < 1.29 is 4.39 Å². The molecule has 0 unspecified atom stereocenters. The van der Waals surface area contributed by atoms with Gasteiger partial charge >= 0.3 is 0 Å². The molecule has 0 atom stereocenters. The van der Waals surface area contributed by atoms with Gasteiger partial charge in [-0.15, -0.1) is 0 Å². The topological polar surface area (TPSA) is 25.8 Å². The average Bonchev–Trinajstić information content (AvgIpc) is 2.69. The number of benzene rings is 3. The van der Waals surface area contributed by atoms with E-state index in [1.807, 2.05) is 60.7 Å². The van der Waals surface area contributed by atoms with E-state index in [0.29, 0.717) is 0 Å². The molecule has 120 valence electrons. The van der Waals surface area contributed by atoms with Crippen LogP contribution in [0.1, 0.15) is 0 Å². The molecule has 4 aromatic rings. The van der Waals surface area contributed by atoms with Crippen LogP contribution in [0, 0.1) is 5.82 Å². The van der Waals surface area contributed by atoms with Crippen LogP contribution in [0.15, 0.2) is 91.3 Å². The van der Waals surface area contributed by atoms with Crippen molar-refractivity contribution >= 4 is 0 Å². The molecule has 0 spiro atoms. The Labute approximate surface area is 145 Å². The number of halogens is 1. The molecular weight excluding hydrogens is 311 g/mol. The first kappa shape index (κ1) is 15.2. The molecule has 0 aliphatic carbocycles. The minimum Gasteiger partial charge on any atom is -0.236 e. The Balaban J connectivity index is 2.01. The SMILES string of the molecule is Fc1ccc(-c2c(-c3ccccc3)ncnc2-c2ccccc2)cc1. The van der Waals surface area contributed by atoms with Gasteiger partial charge in [0, 0.05) is 16.7 Å². The first-order valence-corrected chi connectivity index (χ1v) is 8.05. The maximum atomic E-state index is 13.4. The van der Waals surface area contributed by atoms with Crippen molar-refractivity contribution in [1.29, 1.82) is 0 Å². The van der Waals surface area contributed by atoms with Gasteiger partial charge in [-0.1, -0.05) is 72.8 Å². The Bertz CT molecular complexity index is 924. The summed E-state index contributed by atoms with van der Waals surface area (Å²) in [5, 5.41) is 0. The highest BCUT2D eigenvalue weighted by Crippen LogP contribution is 2.37. The van der Waals surface area contributed by atoms with Crippen molar-refractivity contribution in [3.63, 3.8) is 0 Å². The Morgan fingerprint density at radius 2 is 1.00 bits per heavy atom. The van der Waals surface area contributed by atoms with Gasteiger partial charge in [0.15, 0.2) is 0 Å². The summed E-state index contributed by atoms with van der Waals surface area (Å²) in [6.07, 6.45) is 1.58. The van der Waals surface area contributed by atoms with Crippen molar-refractivity contribution in [3.8, 4) is 33.6 Å². The van der Waals surface area contributed by atoms with Crippen molar-refractivity contribution in [2.24, 2.45) is 0 Å². The van der Waals surface area contributed by atoms with Crippen LogP contribution in [0.25, 0.3) is 33.6 Å². The van der Waals surface area contributed by atoms with Gasteiger partial charge in [0.2, 0.25) is 0 Å². The lowest BCUT2D eigenvalue weighted by molar-refractivity contribution is 0.628. The molecule has 0 N–H and O–H groups in total. The molecule has 3 heteroatoms. The first-order valence-electron chi connectivity index (χ1n) is 8.05. The molecule has 0 saturated carbocycles. The van der Waals surface area contributed by atoms with E-state index in [2.05, 4.69) is 9.97 Å². The maximum Gasteiger partial charge on any atom is 0.123 e. The zero-order valence-corrected chi connectivity index (χ0v) is 13.4. The number of rotatable bonds is 3. The van der Waals surface area contributed by atoms with E-state index in [1.165, 1.54) is 12.1 Å². The van der Waals surface area contributed by atoms with Gasteiger partial charge in [0.05, 0.1) is 11.4 Å². The Kier molecular flexibility index (Phi) is 4.05. The Morgan fingerprint density at radius 3 is 1.48 bits per heavy atom. The minimum absolute atomic E-state index is 0.261. The van der Waals surface area contributed by atoms with E-state index >= 15 is 0 Å². The van der Waals surface area contributed by atoms with Crippen molar-refractivity contribution in [2.45, 2.75) is 0 Å². The Hall–Kier alpha value is -3.33. The first-order chi connectivity index (χ1) is 12.3. The Morgan fingerprint density at radius 1 is 0.520 bits per heavy atom. The van der Waals surface area contributed by atoms with Crippen LogP contribution in [0.4, 0.5) is 4.39 Å².